The first-order chi connectivity index (χ1) is 50.5. The monoisotopic (exact) mass is 1470 g/mol. The molecule has 0 saturated carbocycles. The number of amides is 3. The number of hydrogen-bond donors (Lipinski definition) is 0. The van der Waals surface area contributed by atoms with Gasteiger partial charge in [-0.2, -0.15) is 4.39 Å². The van der Waals surface area contributed by atoms with Crippen molar-refractivity contribution in [1.82, 2.24) is 78.9 Å². The van der Waals surface area contributed by atoms with E-state index in [0.29, 0.717) is 148 Å². The van der Waals surface area contributed by atoms with Crippen molar-refractivity contribution in [2.45, 2.75) is 26.6 Å². The molecule has 3 aliphatic rings. The second-order valence-electron chi connectivity index (χ2n) is 24.4. The average Bonchev–Trinajstić information content (AvgIpc) is 1.65. The predicted molar refractivity (Wildman–Crippen MR) is 382 cm³/mol. The number of halogens is 7. The van der Waals surface area contributed by atoms with E-state index in [2.05, 4.69) is 60.9 Å². The molecular weight excluding hydrogens is 1410 g/mol. The minimum absolute atomic E-state index is 0.0225. The van der Waals surface area contributed by atoms with Gasteiger partial charge >= 0.3 is 0 Å². The summed E-state index contributed by atoms with van der Waals surface area (Å²) in [4.78, 5) is 81.1. The molecule has 29 heteroatoms. The lowest BCUT2D eigenvalue weighted by Gasteiger charge is -2.36. The van der Waals surface area contributed by atoms with Crippen LogP contribution in [-0.2, 0) is 34.0 Å². The van der Waals surface area contributed by atoms with E-state index in [0.717, 1.165) is 26.9 Å². The highest BCUT2D eigenvalue weighted by Crippen LogP contribution is 2.30. The molecule has 104 heavy (non-hydrogen) atoms. The molecule has 3 fully saturated rings. The first-order valence-corrected chi connectivity index (χ1v) is 34.1. The summed E-state index contributed by atoms with van der Waals surface area (Å²) < 4.78 is 86.4. The van der Waals surface area contributed by atoms with Gasteiger partial charge in [0.15, 0.2) is 34.9 Å². The van der Waals surface area contributed by atoms with Crippen LogP contribution in [0.1, 0.15) is 5.56 Å². The Kier molecular flexibility index (Phi) is 21.9. The second kappa shape index (κ2) is 32.3. The van der Waals surface area contributed by atoms with Crippen LogP contribution in [0.4, 0.5) is 43.8 Å². The molecule has 9 heterocycles. The van der Waals surface area contributed by atoms with Crippen LogP contribution in [-0.4, -0.2) is 175 Å². The summed E-state index contributed by atoms with van der Waals surface area (Å²) in [6, 6.07) is 46.5. The highest BCUT2D eigenvalue weighted by Gasteiger charge is 2.29. The molecule has 22 nitrogen and oxygen atoms in total. The minimum atomic E-state index is -0.544. The van der Waals surface area contributed by atoms with Crippen molar-refractivity contribution in [2.24, 2.45) is 0 Å². The van der Waals surface area contributed by atoms with E-state index in [4.69, 9.17) is 10.1 Å². The van der Waals surface area contributed by atoms with Gasteiger partial charge in [0.1, 0.15) is 54.5 Å². The summed E-state index contributed by atoms with van der Waals surface area (Å²) in [7, 11) is 0. The lowest BCUT2D eigenvalue weighted by atomic mass is 10.1. The molecule has 0 aliphatic carbocycles. The number of piperazine rings is 3. The highest BCUT2D eigenvalue weighted by molar-refractivity contribution is 9.10. The maximum absolute atomic E-state index is 13.5. The van der Waals surface area contributed by atoms with Crippen LogP contribution >= 0.6 is 15.9 Å². The Morgan fingerprint density at radius 1 is 0.365 bits per heavy atom. The largest absolute Gasteiger partial charge is 0.368 e. The molecule has 0 N–H and O–H groups in total. The normalized spacial score (nSPS) is 13.8. The van der Waals surface area contributed by atoms with Gasteiger partial charge in [-0.15, -0.1) is 15.3 Å². The van der Waals surface area contributed by atoms with E-state index in [1.54, 1.807) is 87.5 Å². The number of pyridine rings is 2. The van der Waals surface area contributed by atoms with E-state index in [1.807, 2.05) is 70.2 Å². The van der Waals surface area contributed by atoms with Crippen LogP contribution in [0.15, 0.2) is 205 Å². The molecule has 0 atom stereocenters. The van der Waals surface area contributed by atoms with Crippen LogP contribution in [0.3, 0.4) is 0 Å². The molecule has 6 aromatic carbocycles. The fourth-order valence-corrected chi connectivity index (χ4v) is 12.2. The van der Waals surface area contributed by atoms with Gasteiger partial charge in [0.05, 0.1) is 0 Å². The Morgan fingerprint density at radius 3 is 1.19 bits per heavy atom. The zero-order chi connectivity index (χ0) is 72.2. The predicted octanol–water partition coefficient (Wildman–Crippen LogP) is 11.4. The first-order valence-electron chi connectivity index (χ1n) is 33.3. The minimum Gasteiger partial charge on any atom is -0.368 e. The molecule has 6 aromatic heterocycles. The third kappa shape index (κ3) is 17.3. The van der Waals surface area contributed by atoms with Gasteiger partial charge in [0.2, 0.25) is 29.6 Å². The van der Waals surface area contributed by atoms with Gasteiger partial charge in [-0.05, 0) is 146 Å². The van der Waals surface area contributed by atoms with E-state index in [1.165, 1.54) is 88.5 Å². The maximum Gasteiger partial charge on any atom is 0.244 e. The van der Waals surface area contributed by atoms with Gasteiger partial charge in [0.25, 0.3) is 0 Å². The Morgan fingerprint density at radius 2 is 0.760 bits per heavy atom. The fraction of sp³-hybridized carbons (Fsp3) is 0.213. The number of anilines is 3. The SMILES string of the molecule is Cc1cc(-c2nc(-c3ccccc3)n(CC(=O)N3CCN(c4ncccn4)CC3)n2)ccc1Br.O=C(Cn1nc(-c2ccc(F)cc2)nc1-c1ccc(F)cc1)N1CCN(c2cc(F)ccn2)CC1.O=C(Cn1nc(-c2ccc(F)cc2)nc1-c1ccc(F)cc1)N1CCN(c2ccnc(F)c2)CC1. The van der Waals surface area contributed by atoms with Crippen LogP contribution in [0.25, 0.3) is 68.3 Å². The first kappa shape index (κ1) is 70.4. The lowest BCUT2D eigenvalue weighted by Crippen LogP contribution is -2.50. The fourth-order valence-electron chi connectivity index (χ4n) is 12.0. The Balaban J connectivity index is 0.000000139. The summed E-state index contributed by atoms with van der Waals surface area (Å²) >= 11 is 3.55. The molecule has 0 radical (unpaired) electrons. The molecular formula is C75H66BrF6N19O3. The number of rotatable bonds is 15. The molecule has 3 aliphatic heterocycles. The maximum atomic E-state index is 13.5. The number of carbonyl (C=O) groups is 3. The molecule has 3 amide bonds. The summed E-state index contributed by atoms with van der Waals surface area (Å²) in [6.07, 6.45) is 6.31. The molecule has 15 rings (SSSR count). The van der Waals surface area contributed by atoms with Crippen molar-refractivity contribution in [3.63, 3.8) is 0 Å². The molecule has 0 bridgehead atoms. The quantitative estimate of drug-likeness (QED) is 0.0689. The molecule has 12 aromatic rings. The topological polar surface area (TPSA) is 214 Å². The Labute approximate surface area is 601 Å². The lowest BCUT2D eigenvalue weighted by molar-refractivity contribution is -0.133. The smallest absolute Gasteiger partial charge is 0.244 e. The summed E-state index contributed by atoms with van der Waals surface area (Å²) in [6.45, 7) is 8.63. The number of benzene rings is 6. The van der Waals surface area contributed by atoms with Crippen LogP contribution in [0.5, 0.6) is 0 Å². The number of carbonyl (C=O) groups excluding carboxylic acids is 3. The molecule has 528 valence electrons. The van der Waals surface area contributed by atoms with Gasteiger partial charge < -0.3 is 29.4 Å². The number of hydrogen-bond acceptors (Lipinski definition) is 16. The summed E-state index contributed by atoms with van der Waals surface area (Å²) in [5.74, 6) is 1.28. The highest BCUT2D eigenvalue weighted by atomic mass is 79.9. The van der Waals surface area contributed by atoms with Crippen LogP contribution in [0.2, 0.25) is 0 Å². The molecule has 0 spiro atoms. The molecule has 0 unspecified atom stereocenters. The Hall–Kier alpha value is -12.0. The third-order valence-corrected chi connectivity index (χ3v) is 18.5. The van der Waals surface area contributed by atoms with Gasteiger partial charge in [-0.1, -0.05) is 46.3 Å². The number of nitrogens with zero attached hydrogens (tertiary/aromatic N) is 19. The van der Waals surface area contributed by atoms with E-state index >= 15 is 0 Å². The van der Waals surface area contributed by atoms with Gasteiger partial charge in [0, 0.05) is 159 Å². The number of aromatic nitrogens is 13. The van der Waals surface area contributed by atoms with Crippen molar-refractivity contribution < 1.29 is 40.7 Å². The zero-order valence-electron chi connectivity index (χ0n) is 56.0. The van der Waals surface area contributed by atoms with Crippen LogP contribution in [0, 0.1) is 42.0 Å². The van der Waals surface area contributed by atoms with E-state index in [9.17, 15) is 40.7 Å². The van der Waals surface area contributed by atoms with Gasteiger partial charge in [-0.3, -0.25) is 14.4 Å². The van der Waals surface area contributed by atoms with E-state index < -0.39 is 5.95 Å². The zero-order valence-corrected chi connectivity index (χ0v) is 57.6. The summed E-state index contributed by atoms with van der Waals surface area (Å²) in [5.41, 5.74) is 6.06. The van der Waals surface area contributed by atoms with Crippen molar-refractivity contribution >= 4 is 51.1 Å². The standard InChI is InChI=1S/C25H24BrN7O.2C25H21F3N6O/c1-18-16-20(8-9-21(18)26)23-29-24(19-6-3-2-4-7-19)33(30-23)17-22(34)31-12-14-32(15-13-31)25-27-10-5-11-28-25;26-19-5-1-17(2-6-19)24-30-25(18-3-7-20(27)8-4-18)34(31-24)16-23(35)33-13-11-32(12-14-33)21-9-10-29-22(28)15-21;26-19-5-1-17(2-6-19)24-30-25(18-3-7-20(27)8-4-18)34(31-24)16-23(35)33-13-11-32(12-14-33)22-15-21(28)9-10-29-22/h2-11,16H,12-15,17H2,1H3;2*1-10,15H,11-14,16H2. The van der Waals surface area contributed by atoms with Crippen molar-refractivity contribution in [3.8, 4) is 68.3 Å². The average molecular weight is 1480 g/mol. The third-order valence-electron chi connectivity index (χ3n) is 17.6. The number of aryl methyl sites for hydroxylation is 1. The second-order valence-corrected chi connectivity index (χ2v) is 25.3. The van der Waals surface area contributed by atoms with Gasteiger partial charge in [-0.25, -0.2) is 70.9 Å². The van der Waals surface area contributed by atoms with Crippen LogP contribution < -0.4 is 14.7 Å². The summed E-state index contributed by atoms with van der Waals surface area (Å²) in [5, 5.41) is 13.7. The van der Waals surface area contributed by atoms with Crippen molar-refractivity contribution in [3.05, 3.63) is 246 Å². The Bertz CT molecular complexity index is 4730. The van der Waals surface area contributed by atoms with Crippen molar-refractivity contribution in [2.75, 3.05) is 93.2 Å². The van der Waals surface area contributed by atoms with Crippen molar-refractivity contribution in [1.29, 1.82) is 0 Å². The van der Waals surface area contributed by atoms with E-state index in [-0.39, 0.29) is 66.4 Å². The molecule has 3 saturated heterocycles.